The van der Waals surface area contributed by atoms with E-state index in [1.807, 2.05) is 12.1 Å². The van der Waals surface area contributed by atoms with Crippen molar-refractivity contribution in [2.24, 2.45) is 11.8 Å². The van der Waals surface area contributed by atoms with E-state index in [9.17, 15) is 0 Å². The molecule has 2 nitrogen and oxygen atoms in total. The van der Waals surface area contributed by atoms with Gasteiger partial charge in [0.25, 0.3) is 0 Å². The summed E-state index contributed by atoms with van der Waals surface area (Å²) in [5.41, 5.74) is 8.08. The average molecular weight is 220 g/mol. The highest BCUT2D eigenvalue weighted by molar-refractivity contribution is 5.67. The largest absolute Gasteiger partial charge is 0.397 e. The van der Waals surface area contributed by atoms with Crippen molar-refractivity contribution >= 4 is 11.4 Å². The first-order valence-electron chi connectivity index (χ1n) is 6.10. The summed E-state index contributed by atoms with van der Waals surface area (Å²) in [5, 5.41) is 0. The zero-order chi connectivity index (χ0) is 12.1. The molecule has 0 saturated carbocycles. The highest BCUT2D eigenvalue weighted by Crippen LogP contribution is 2.24. The van der Waals surface area contributed by atoms with Crippen LogP contribution in [-0.2, 0) is 0 Å². The van der Waals surface area contributed by atoms with Gasteiger partial charge in [0.05, 0.1) is 11.4 Å². The summed E-state index contributed by atoms with van der Waals surface area (Å²) in [6.45, 7) is 11.1. The van der Waals surface area contributed by atoms with Gasteiger partial charge in [-0.15, -0.1) is 0 Å². The average Bonchev–Trinajstić information content (AvgIpc) is 2.15. The standard InChI is InChI=1S/C14H24N2/c1-11(2)9-16(10-12(3)4)14-8-6-5-7-13(14)15/h5-8,11-12H,9-10,15H2,1-4H3. The number of hydrogen-bond donors (Lipinski definition) is 1. The van der Waals surface area contributed by atoms with Crippen LogP contribution in [0.15, 0.2) is 24.3 Å². The van der Waals surface area contributed by atoms with Crippen LogP contribution in [0.1, 0.15) is 27.7 Å². The van der Waals surface area contributed by atoms with Crippen molar-refractivity contribution in [3.05, 3.63) is 24.3 Å². The number of nitrogens with two attached hydrogens (primary N) is 1. The van der Waals surface area contributed by atoms with Crippen molar-refractivity contribution in [1.29, 1.82) is 0 Å². The van der Waals surface area contributed by atoms with E-state index in [4.69, 9.17) is 5.73 Å². The number of rotatable bonds is 5. The van der Waals surface area contributed by atoms with Crippen molar-refractivity contribution in [2.75, 3.05) is 23.7 Å². The van der Waals surface area contributed by atoms with Gasteiger partial charge in [-0.05, 0) is 24.0 Å². The Morgan fingerprint density at radius 1 is 1.00 bits per heavy atom. The Morgan fingerprint density at radius 2 is 1.50 bits per heavy atom. The predicted molar refractivity (Wildman–Crippen MR) is 72.7 cm³/mol. The number of nitrogen functional groups attached to an aromatic ring is 1. The van der Waals surface area contributed by atoms with Gasteiger partial charge < -0.3 is 10.6 Å². The first-order chi connectivity index (χ1) is 7.50. The van der Waals surface area contributed by atoms with Gasteiger partial charge in [0.1, 0.15) is 0 Å². The van der Waals surface area contributed by atoms with E-state index >= 15 is 0 Å². The van der Waals surface area contributed by atoms with Crippen molar-refractivity contribution in [2.45, 2.75) is 27.7 Å². The first-order valence-corrected chi connectivity index (χ1v) is 6.10. The molecule has 16 heavy (non-hydrogen) atoms. The molecule has 90 valence electrons. The van der Waals surface area contributed by atoms with E-state index in [-0.39, 0.29) is 0 Å². The second kappa shape index (κ2) is 5.78. The normalized spacial score (nSPS) is 11.1. The van der Waals surface area contributed by atoms with Crippen LogP contribution >= 0.6 is 0 Å². The summed E-state index contributed by atoms with van der Waals surface area (Å²) in [7, 11) is 0. The number of hydrogen-bond acceptors (Lipinski definition) is 2. The Labute approximate surface area is 99.5 Å². The van der Waals surface area contributed by atoms with E-state index in [0.717, 1.165) is 18.8 Å². The maximum atomic E-state index is 6.03. The van der Waals surface area contributed by atoms with E-state index < -0.39 is 0 Å². The lowest BCUT2D eigenvalue weighted by Crippen LogP contribution is -2.31. The first kappa shape index (κ1) is 12.9. The quantitative estimate of drug-likeness (QED) is 0.771. The highest BCUT2D eigenvalue weighted by atomic mass is 15.1. The molecule has 0 aliphatic carbocycles. The van der Waals surface area contributed by atoms with Crippen molar-refractivity contribution in [3.63, 3.8) is 0 Å². The SMILES string of the molecule is CC(C)CN(CC(C)C)c1ccccc1N. The molecule has 0 spiro atoms. The summed E-state index contributed by atoms with van der Waals surface area (Å²) in [5.74, 6) is 1.30. The van der Waals surface area contributed by atoms with Crippen LogP contribution in [0.2, 0.25) is 0 Å². The molecule has 0 amide bonds. The molecular weight excluding hydrogens is 196 g/mol. The molecule has 0 heterocycles. The maximum Gasteiger partial charge on any atom is 0.0600 e. The third kappa shape index (κ3) is 3.76. The van der Waals surface area contributed by atoms with Crippen LogP contribution in [0.5, 0.6) is 0 Å². The Morgan fingerprint density at radius 3 is 1.94 bits per heavy atom. The molecular formula is C14H24N2. The lowest BCUT2D eigenvalue weighted by atomic mass is 10.1. The van der Waals surface area contributed by atoms with E-state index in [1.165, 1.54) is 5.69 Å². The number of anilines is 2. The van der Waals surface area contributed by atoms with Gasteiger partial charge in [-0.3, -0.25) is 0 Å². The van der Waals surface area contributed by atoms with E-state index in [2.05, 4.69) is 44.7 Å². The van der Waals surface area contributed by atoms with Gasteiger partial charge >= 0.3 is 0 Å². The third-order valence-corrected chi connectivity index (χ3v) is 2.45. The summed E-state index contributed by atoms with van der Waals surface area (Å²) < 4.78 is 0. The zero-order valence-corrected chi connectivity index (χ0v) is 10.9. The lowest BCUT2D eigenvalue weighted by Gasteiger charge is -2.29. The molecule has 1 aromatic carbocycles. The molecule has 2 N–H and O–H groups in total. The van der Waals surface area contributed by atoms with Crippen LogP contribution in [0.4, 0.5) is 11.4 Å². The molecule has 0 atom stereocenters. The lowest BCUT2D eigenvalue weighted by molar-refractivity contribution is 0.553. The number of para-hydroxylation sites is 2. The van der Waals surface area contributed by atoms with E-state index in [1.54, 1.807) is 0 Å². The monoisotopic (exact) mass is 220 g/mol. The molecule has 0 fully saturated rings. The third-order valence-electron chi connectivity index (χ3n) is 2.45. The van der Waals surface area contributed by atoms with Gasteiger partial charge in [-0.1, -0.05) is 39.8 Å². The molecule has 2 heteroatoms. The molecule has 0 unspecified atom stereocenters. The minimum Gasteiger partial charge on any atom is -0.397 e. The molecule has 0 radical (unpaired) electrons. The van der Waals surface area contributed by atoms with Crippen LogP contribution < -0.4 is 10.6 Å². The van der Waals surface area contributed by atoms with Gasteiger partial charge in [-0.25, -0.2) is 0 Å². The molecule has 0 saturated heterocycles. The van der Waals surface area contributed by atoms with Gasteiger partial charge in [0, 0.05) is 13.1 Å². The van der Waals surface area contributed by atoms with Crippen LogP contribution in [0.25, 0.3) is 0 Å². The Bertz CT molecular complexity index is 308. The van der Waals surface area contributed by atoms with Crippen LogP contribution in [0.3, 0.4) is 0 Å². The summed E-state index contributed by atoms with van der Waals surface area (Å²) in [6, 6.07) is 8.13. The number of nitrogens with zero attached hydrogens (tertiary/aromatic N) is 1. The fourth-order valence-electron chi connectivity index (χ4n) is 1.93. The molecule has 0 bridgehead atoms. The topological polar surface area (TPSA) is 29.3 Å². The summed E-state index contributed by atoms with van der Waals surface area (Å²) in [6.07, 6.45) is 0. The molecule has 1 rings (SSSR count). The zero-order valence-electron chi connectivity index (χ0n) is 10.9. The molecule has 0 aliphatic rings. The minimum atomic E-state index is 0.651. The smallest absolute Gasteiger partial charge is 0.0600 e. The maximum absolute atomic E-state index is 6.03. The Hall–Kier alpha value is -1.18. The fraction of sp³-hybridized carbons (Fsp3) is 0.571. The van der Waals surface area contributed by atoms with E-state index in [0.29, 0.717) is 11.8 Å². The van der Waals surface area contributed by atoms with Crippen molar-refractivity contribution in [1.82, 2.24) is 0 Å². The van der Waals surface area contributed by atoms with Gasteiger partial charge in [0.15, 0.2) is 0 Å². The van der Waals surface area contributed by atoms with Crippen molar-refractivity contribution < 1.29 is 0 Å². The number of benzene rings is 1. The van der Waals surface area contributed by atoms with Crippen LogP contribution in [-0.4, -0.2) is 13.1 Å². The van der Waals surface area contributed by atoms with Crippen molar-refractivity contribution in [3.8, 4) is 0 Å². The predicted octanol–water partition coefficient (Wildman–Crippen LogP) is 3.39. The second-order valence-electron chi connectivity index (χ2n) is 5.25. The minimum absolute atomic E-state index is 0.651. The summed E-state index contributed by atoms with van der Waals surface area (Å²) in [4.78, 5) is 2.39. The van der Waals surface area contributed by atoms with Crippen LogP contribution in [0, 0.1) is 11.8 Å². The van der Waals surface area contributed by atoms with Gasteiger partial charge in [-0.2, -0.15) is 0 Å². The Balaban J connectivity index is 2.87. The second-order valence-corrected chi connectivity index (χ2v) is 5.25. The highest BCUT2D eigenvalue weighted by Gasteiger charge is 2.12. The molecule has 0 aliphatic heterocycles. The molecule has 1 aromatic rings. The van der Waals surface area contributed by atoms with Gasteiger partial charge in [0.2, 0.25) is 0 Å². The molecule has 0 aromatic heterocycles. The Kier molecular flexibility index (Phi) is 4.66. The fourth-order valence-corrected chi connectivity index (χ4v) is 1.93. The summed E-state index contributed by atoms with van der Waals surface area (Å²) >= 11 is 0.